The lowest BCUT2D eigenvalue weighted by atomic mass is 10.2. The summed E-state index contributed by atoms with van der Waals surface area (Å²) in [5.74, 6) is -0.730. The van der Waals surface area contributed by atoms with Gasteiger partial charge in [0.2, 0.25) is 21.9 Å². The van der Waals surface area contributed by atoms with Gasteiger partial charge in [-0.1, -0.05) is 12.1 Å². The van der Waals surface area contributed by atoms with E-state index in [0.717, 1.165) is 16.4 Å². The van der Waals surface area contributed by atoms with Crippen LogP contribution in [0.1, 0.15) is 24.2 Å². The van der Waals surface area contributed by atoms with Crippen molar-refractivity contribution in [2.45, 2.75) is 36.6 Å². The van der Waals surface area contributed by atoms with Gasteiger partial charge in [0.15, 0.2) is 12.4 Å². The Morgan fingerprint density at radius 2 is 1.94 bits per heavy atom. The van der Waals surface area contributed by atoms with E-state index in [0.29, 0.717) is 6.07 Å². The lowest BCUT2D eigenvalue weighted by molar-refractivity contribution is -0.149. The molecule has 1 atom stereocenters. The zero-order chi connectivity index (χ0) is 23.7. The minimum Gasteiger partial charge on any atom is -0.456 e. The summed E-state index contributed by atoms with van der Waals surface area (Å²) in [5.41, 5.74) is 4.31. The van der Waals surface area contributed by atoms with Crippen molar-refractivity contribution in [1.29, 1.82) is 0 Å². The molecule has 1 aromatic heterocycles. The minimum absolute atomic E-state index is 0.0457. The third kappa shape index (κ3) is 4.91. The van der Waals surface area contributed by atoms with E-state index in [-0.39, 0.29) is 37.1 Å². The molecule has 0 radical (unpaired) electrons. The molecule has 14 heteroatoms. The largest absolute Gasteiger partial charge is 0.456 e. The van der Waals surface area contributed by atoms with Crippen molar-refractivity contribution >= 4 is 27.9 Å². The van der Waals surface area contributed by atoms with E-state index >= 15 is 0 Å². The second kappa shape index (κ2) is 8.86. The van der Waals surface area contributed by atoms with Crippen LogP contribution in [-0.4, -0.2) is 60.3 Å². The molecule has 0 saturated carbocycles. The predicted octanol–water partition coefficient (Wildman–Crippen LogP) is 1.44. The van der Waals surface area contributed by atoms with E-state index in [1.165, 1.54) is 6.07 Å². The van der Waals surface area contributed by atoms with Crippen molar-refractivity contribution in [3.05, 3.63) is 35.7 Å². The first kappa shape index (κ1) is 23.7. The maximum absolute atomic E-state index is 13.3. The second-order valence-corrected chi connectivity index (χ2v) is 9.04. The highest BCUT2D eigenvalue weighted by Gasteiger charge is 2.44. The summed E-state index contributed by atoms with van der Waals surface area (Å²) in [4.78, 5) is 25.1. The molecule has 3 rings (SSSR count). The van der Waals surface area contributed by atoms with Gasteiger partial charge in [-0.2, -0.15) is 32.4 Å². The Morgan fingerprint density at radius 3 is 2.59 bits per heavy atom. The van der Waals surface area contributed by atoms with Crippen LogP contribution >= 0.6 is 0 Å². The number of alkyl halides is 3. The lowest BCUT2D eigenvalue weighted by Gasteiger charge is -2.24. The molecule has 174 valence electrons. The first-order valence-electron chi connectivity index (χ1n) is 9.43. The molecule has 32 heavy (non-hydrogen) atoms. The van der Waals surface area contributed by atoms with Gasteiger partial charge in [0.05, 0.1) is 10.5 Å². The van der Waals surface area contributed by atoms with Crippen LogP contribution < -0.4 is 10.6 Å². The van der Waals surface area contributed by atoms with Gasteiger partial charge in [-0.25, -0.2) is 8.42 Å². The van der Waals surface area contributed by atoms with Crippen molar-refractivity contribution in [1.82, 2.24) is 19.3 Å². The molecule has 0 bridgehead atoms. The molecule has 0 unspecified atom stereocenters. The van der Waals surface area contributed by atoms with Crippen molar-refractivity contribution in [2.24, 2.45) is 0 Å². The molecule has 1 aliphatic rings. The lowest BCUT2D eigenvalue weighted by Crippen LogP contribution is -2.42. The monoisotopic (exact) mass is 474 g/mol. The Kier molecular flexibility index (Phi) is 6.55. The van der Waals surface area contributed by atoms with Gasteiger partial charge in [0.25, 0.3) is 0 Å². The summed E-state index contributed by atoms with van der Waals surface area (Å²) in [6.45, 7) is -0.520. The van der Waals surface area contributed by atoms with Crippen LogP contribution in [0.5, 0.6) is 0 Å². The smallest absolute Gasteiger partial charge is 0.417 e. The van der Waals surface area contributed by atoms with Crippen molar-refractivity contribution in [3.63, 3.8) is 0 Å². The van der Waals surface area contributed by atoms with Gasteiger partial charge in [-0.3, -0.25) is 4.79 Å². The van der Waals surface area contributed by atoms with Gasteiger partial charge in [0.1, 0.15) is 6.04 Å². The SMILES string of the molecule is CN(C)c1nc(N)nc(COC(=O)[C@@H]2CCCN2S(=O)(=O)c2ccccc2C(F)(F)F)n1. The molecule has 0 amide bonds. The first-order chi connectivity index (χ1) is 14.9. The summed E-state index contributed by atoms with van der Waals surface area (Å²) in [7, 11) is -1.27. The Hall–Kier alpha value is -3.00. The van der Waals surface area contributed by atoms with Crippen LogP contribution in [0.2, 0.25) is 0 Å². The number of ether oxygens (including phenoxy) is 1. The van der Waals surface area contributed by atoms with Crippen molar-refractivity contribution in [3.8, 4) is 0 Å². The number of carbonyl (C=O) groups is 1. The highest BCUT2D eigenvalue weighted by Crippen LogP contribution is 2.37. The van der Waals surface area contributed by atoms with Crippen molar-refractivity contribution in [2.75, 3.05) is 31.3 Å². The minimum atomic E-state index is -4.87. The molecule has 0 aliphatic carbocycles. The normalized spacial score (nSPS) is 17.3. The van der Waals surface area contributed by atoms with Gasteiger partial charge >= 0.3 is 12.1 Å². The highest BCUT2D eigenvalue weighted by atomic mass is 32.2. The molecule has 2 aromatic rings. The van der Waals surface area contributed by atoms with Gasteiger partial charge < -0.3 is 15.4 Å². The van der Waals surface area contributed by atoms with Crippen LogP contribution in [0, 0.1) is 0 Å². The van der Waals surface area contributed by atoms with Crippen LogP contribution in [-0.2, 0) is 32.3 Å². The van der Waals surface area contributed by atoms with E-state index < -0.39 is 45.3 Å². The number of carbonyl (C=O) groups excluding carboxylic acids is 1. The Labute approximate surface area is 182 Å². The summed E-state index contributed by atoms with van der Waals surface area (Å²) in [6.07, 6.45) is -4.48. The van der Waals surface area contributed by atoms with E-state index in [2.05, 4.69) is 15.0 Å². The van der Waals surface area contributed by atoms with Crippen LogP contribution in [0.25, 0.3) is 0 Å². The summed E-state index contributed by atoms with van der Waals surface area (Å²) < 4.78 is 72.0. The number of sulfonamides is 1. The third-order valence-corrected chi connectivity index (χ3v) is 6.65. The molecule has 10 nitrogen and oxygen atoms in total. The molecule has 0 spiro atoms. The molecular formula is C18H21F3N6O4S. The predicted molar refractivity (Wildman–Crippen MR) is 107 cm³/mol. The number of hydrogen-bond acceptors (Lipinski definition) is 9. The topological polar surface area (TPSA) is 132 Å². The van der Waals surface area contributed by atoms with Gasteiger partial charge in [0, 0.05) is 20.6 Å². The van der Waals surface area contributed by atoms with E-state index in [1.807, 2.05) is 0 Å². The fourth-order valence-corrected chi connectivity index (χ4v) is 5.10. The molecule has 2 N–H and O–H groups in total. The number of nitrogen functional groups attached to an aromatic ring is 1. The van der Waals surface area contributed by atoms with E-state index in [9.17, 15) is 26.4 Å². The first-order valence-corrected chi connectivity index (χ1v) is 10.9. The van der Waals surface area contributed by atoms with Gasteiger partial charge in [-0.05, 0) is 25.0 Å². The zero-order valence-electron chi connectivity index (χ0n) is 17.2. The Balaban J connectivity index is 1.81. The standard InChI is InChI=1S/C18H21F3N6O4S/c1-26(2)17-24-14(23-16(22)25-17)10-31-15(28)12-7-5-9-27(12)32(29,30)13-8-4-3-6-11(13)18(19,20)21/h3-4,6,8,12H,5,7,9-10H2,1-2H3,(H2,22,23,24,25)/t12-/m0/s1. The average molecular weight is 474 g/mol. The second-order valence-electron chi connectivity index (χ2n) is 7.18. The van der Waals surface area contributed by atoms with Crippen LogP contribution in [0.15, 0.2) is 29.2 Å². The van der Waals surface area contributed by atoms with Gasteiger partial charge in [-0.15, -0.1) is 0 Å². The van der Waals surface area contributed by atoms with Crippen LogP contribution in [0.3, 0.4) is 0 Å². The molecule has 1 fully saturated rings. The number of benzene rings is 1. The van der Waals surface area contributed by atoms with E-state index in [4.69, 9.17) is 10.5 Å². The molecular weight excluding hydrogens is 453 g/mol. The summed E-state index contributed by atoms with van der Waals surface area (Å²) in [5, 5.41) is 0. The number of nitrogens with two attached hydrogens (primary N) is 1. The van der Waals surface area contributed by atoms with Crippen molar-refractivity contribution < 1.29 is 31.1 Å². The summed E-state index contributed by atoms with van der Waals surface area (Å²) in [6, 6.07) is 2.58. The number of esters is 1. The zero-order valence-corrected chi connectivity index (χ0v) is 18.0. The number of hydrogen-bond donors (Lipinski definition) is 1. The van der Waals surface area contributed by atoms with Crippen LogP contribution in [0.4, 0.5) is 25.1 Å². The maximum atomic E-state index is 13.3. The quantitative estimate of drug-likeness (QED) is 0.618. The highest BCUT2D eigenvalue weighted by molar-refractivity contribution is 7.89. The fourth-order valence-electron chi connectivity index (χ4n) is 3.24. The van der Waals surface area contributed by atoms with E-state index in [1.54, 1.807) is 19.0 Å². The third-order valence-electron chi connectivity index (χ3n) is 4.69. The maximum Gasteiger partial charge on any atom is 0.417 e. The Morgan fingerprint density at radius 1 is 1.25 bits per heavy atom. The molecule has 1 aromatic carbocycles. The number of halogens is 3. The summed E-state index contributed by atoms with van der Waals surface area (Å²) >= 11 is 0. The molecule has 1 saturated heterocycles. The number of nitrogens with zero attached hydrogens (tertiary/aromatic N) is 5. The average Bonchev–Trinajstić information content (AvgIpc) is 3.22. The molecule has 2 heterocycles. The number of aromatic nitrogens is 3. The number of rotatable bonds is 6. The molecule has 1 aliphatic heterocycles. The number of anilines is 2. The fraction of sp³-hybridized carbons (Fsp3) is 0.444. The Bertz CT molecular complexity index is 1110.